The quantitative estimate of drug-likeness (QED) is 0.457. The van der Waals surface area contributed by atoms with Crippen LogP contribution in [0.15, 0.2) is 42.0 Å². The number of nitrogens with one attached hydrogen (secondary N) is 1. The van der Waals surface area contributed by atoms with E-state index in [4.69, 9.17) is 25.8 Å². The summed E-state index contributed by atoms with van der Waals surface area (Å²) in [5, 5.41) is 12.5. The van der Waals surface area contributed by atoms with Crippen molar-refractivity contribution in [3.63, 3.8) is 0 Å². The Morgan fingerprint density at radius 3 is 2.52 bits per heavy atom. The molecule has 0 bridgehead atoms. The van der Waals surface area contributed by atoms with E-state index in [-0.39, 0.29) is 5.57 Å². The molecule has 2 aromatic rings. The molecule has 0 fully saturated rings. The van der Waals surface area contributed by atoms with Gasteiger partial charge in [-0.15, -0.1) is 0 Å². The van der Waals surface area contributed by atoms with Gasteiger partial charge in [0.1, 0.15) is 17.4 Å². The summed E-state index contributed by atoms with van der Waals surface area (Å²) in [6.45, 7) is 4.93. The van der Waals surface area contributed by atoms with Gasteiger partial charge in [-0.3, -0.25) is 4.79 Å². The summed E-state index contributed by atoms with van der Waals surface area (Å²) in [5.74, 6) is 1.04. The van der Waals surface area contributed by atoms with E-state index in [9.17, 15) is 10.1 Å². The number of hydrogen-bond donors (Lipinski definition) is 1. The fourth-order valence-corrected chi connectivity index (χ4v) is 2.76. The number of halogens is 1. The van der Waals surface area contributed by atoms with Crippen molar-refractivity contribution in [1.29, 1.82) is 5.26 Å². The van der Waals surface area contributed by atoms with Crippen molar-refractivity contribution in [2.24, 2.45) is 0 Å². The first-order valence-corrected chi connectivity index (χ1v) is 9.56. The average molecular weight is 415 g/mol. The highest BCUT2D eigenvalue weighted by Gasteiger charge is 2.14. The van der Waals surface area contributed by atoms with E-state index >= 15 is 0 Å². The van der Waals surface area contributed by atoms with Crippen LogP contribution >= 0.6 is 11.6 Å². The first kappa shape index (κ1) is 22.1. The third-order valence-electron chi connectivity index (χ3n) is 3.80. The molecular formula is C22H23ClN2O4. The molecule has 0 radical (unpaired) electrons. The summed E-state index contributed by atoms with van der Waals surface area (Å²) < 4.78 is 16.3. The first-order valence-electron chi connectivity index (χ1n) is 9.18. The molecule has 1 amide bonds. The van der Waals surface area contributed by atoms with Crippen LogP contribution in [0.5, 0.6) is 17.2 Å². The van der Waals surface area contributed by atoms with Gasteiger partial charge in [0.2, 0.25) is 0 Å². The summed E-state index contributed by atoms with van der Waals surface area (Å²) in [7, 11) is 1.50. The Kier molecular flexibility index (Phi) is 8.38. The van der Waals surface area contributed by atoms with Crippen LogP contribution in [0.4, 0.5) is 5.69 Å². The zero-order valence-electron chi connectivity index (χ0n) is 16.6. The van der Waals surface area contributed by atoms with Crippen molar-refractivity contribution in [2.75, 3.05) is 25.6 Å². The van der Waals surface area contributed by atoms with Crippen LogP contribution in [0.3, 0.4) is 0 Å². The van der Waals surface area contributed by atoms with Gasteiger partial charge in [-0.25, -0.2) is 0 Å². The predicted molar refractivity (Wildman–Crippen MR) is 114 cm³/mol. The Morgan fingerprint density at radius 2 is 1.93 bits per heavy atom. The van der Waals surface area contributed by atoms with Gasteiger partial charge in [0, 0.05) is 5.69 Å². The maximum Gasteiger partial charge on any atom is 0.266 e. The lowest BCUT2D eigenvalue weighted by Crippen LogP contribution is -2.13. The number of anilines is 1. The van der Waals surface area contributed by atoms with Crippen LogP contribution < -0.4 is 19.5 Å². The molecule has 0 unspecified atom stereocenters. The molecule has 0 saturated carbocycles. The predicted octanol–water partition coefficient (Wildman–Crippen LogP) is 5.08. The molecule has 0 spiro atoms. The minimum atomic E-state index is -0.530. The van der Waals surface area contributed by atoms with Crippen LogP contribution in [-0.2, 0) is 4.79 Å². The summed E-state index contributed by atoms with van der Waals surface area (Å²) in [6.07, 6.45) is 2.27. The molecule has 0 aliphatic heterocycles. The van der Waals surface area contributed by atoms with Crippen molar-refractivity contribution >= 4 is 29.3 Å². The summed E-state index contributed by atoms with van der Waals surface area (Å²) in [4.78, 5) is 12.5. The lowest BCUT2D eigenvalue weighted by Gasteiger charge is -2.13. The minimum absolute atomic E-state index is 0.0702. The Labute approximate surface area is 175 Å². The van der Waals surface area contributed by atoms with Crippen LogP contribution in [-0.4, -0.2) is 26.2 Å². The van der Waals surface area contributed by atoms with Crippen molar-refractivity contribution < 1.29 is 19.0 Å². The van der Waals surface area contributed by atoms with Crippen LogP contribution in [0, 0.1) is 11.3 Å². The highest BCUT2D eigenvalue weighted by Crippen LogP contribution is 2.37. The van der Waals surface area contributed by atoms with E-state index < -0.39 is 5.91 Å². The average Bonchev–Trinajstić information content (AvgIpc) is 2.72. The van der Waals surface area contributed by atoms with Crippen molar-refractivity contribution in [2.45, 2.75) is 20.3 Å². The number of methoxy groups -OCH3 is 1. The number of nitrogens with zero attached hydrogens (tertiary/aromatic N) is 1. The zero-order valence-corrected chi connectivity index (χ0v) is 17.4. The Balaban J connectivity index is 2.22. The minimum Gasteiger partial charge on any atom is -0.494 e. The van der Waals surface area contributed by atoms with Gasteiger partial charge >= 0.3 is 0 Å². The fraction of sp³-hybridized carbons (Fsp3) is 0.273. The van der Waals surface area contributed by atoms with Gasteiger partial charge in [-0.1, -0.05) is 18.5 Å². The SMILES string of the molecule is CCCOc1c(Cl)cc(/C=C(\C#N)C(=O)Nc2ccc(OCC)cc2)cc1OC. The molecule has 0 aliphatic rings. The normalized spacial score (nSPS) is 10.8. The maximum absolute atomic E-state index is 12.5. The molecule has 0 saturated heterocycles. The van der Waals surface area contributed by atoms with Crippen LogP contribution in [0.1, 0.15) is 25.8 Å². The fourth-order valence-electron chi connectivity index (χ4n) is 2.48. The first-order chi connectivity index (χ1) is 14.0. The second-order valence-corrected chi connectivity index (χ2v) is 6.37. The molecule has 2 aromatic carbocycles. The zero-order chi connectivity index (χ0) is 21.2. The number of amides is 1. The van der Waals surface area contributed by atoms with Crippen LogP contribution in [0.25, 0.3) is 6.08 Å². The number of carbonyl (C=O) groups is 1. The Morgan fingerprint density at radius 1 is 1.21 bits per heavy atom. The molecule has 0 atom stereocenters. The summed E-state index contributed by atoms with van der Waals surface area (Å²) in [5.41, 5.74) is 1.03. The smallest absolute Gasteiger partial charge is 0.266 e. The largest absolute Gasteiger partial charge is 0.494 e. The number of hydrogen-bond acceptors (Lipinski definition) is 5. The van der Waals surface area contributed by atoms with Gasteiger partial charge in [-0.2, -0.15) is 5.26 Å². The summed E-state index contributed by atoms with van der Waals surface area (Å²) in [6, 6.07) is 12.1. The van der Waals surface area contributed by atoms with Gasteiger partial charge in [0.15, 0.2) is 11.5 Å². The molecular weight excluding hydrogens is 392 g/mol. The number of nitriles is 1. The van der Waals surface area contributed by atoms with Crippen molar-refractivity contribution in [1.82, 2.24) is 0 Å². The van der Waals surface area contributed by atoms with Gasteiger partial charge in [0.25, 0.3) is 5.91 Å². The number of carbonyl (C=O) groups excluding carboxylic acids is 1. The molecule has 0 aromatic heterocycles. The Bertz CT molecular complexity index is 918. The molecule has 7 heteroatoms. The van der Waals surface area contributed by atoms with Crippen molar-refractivity contribution in [3.05, 3.63) is 52.6 Å². The monoisotopic (exact) mass is 414 g/mol. The Hall–Kier alpha value is -3.17. The molecule has 2 rings (SSSR count). The number of ether oxygens (including phenoxy) is 3. The molecule has 6 nitrogen and oxygen atoms in total. The third-order valence-corrected chi connectivity index (χ3v) is 4.08. The molecule has 1 N–H and O–H groups in total. The second kappa shape index (κ2) is 11.0. The van der Waals surface area contributed by atoms with Crippen LogP contribution in [0.2, 0.25) is 5.02 Å². The number of rotatable bonds is 9. The van der Waals surface area contributed by atoms with Gasteiger partial charge in [0.05, 0.1) is 25.3 Å². The molecule has 0 heterocycles. The van der Waals surface area contributed by atoms with E-state index in [1.54, 1.807) is 36.4 Å². The maximum atomic E-state index is 12.5. The highest BCUT2D eigenvalue weighted by atomic mass is 35.5. The van der Waals surface area contributed by atoms with E-state index in [1.807, 2.05) is 19.9 Å². The summed E-state index contributed by atoms with van der Waals surface area (Å²) >= 11 is 6.30. The van der Waals surface area contributed by atoms with Gasteiger partial charge in [-0.05, 0) is 61.4 Å². The topological polar surface area (TPSA) is 80.6 Å². The van der Waals surface area contributed by atoms with Gasteiger partial charge < -0.3 is 19.5 Å². The number of benzene rings is 2. The molecule has 0 aliphatic carbocycles. The van der Waals surface area contributed by atoms with E-state index in [0.29, 0.717) is 46.7 Å². The molecule has 152 valence electrons. The standard InChI is InChI=1S/C22H23ClN2O4/c1-4-10-29-21-19(23)12-15(13-20(21)27-3)11-16(14-24)22(26)25-17-6-8-18(9-7-17)28-5-2/h6-9,11-13H,4-5,10H2,1-3H3,(H,25,26)/b16-11+. The van der Waals surface area contributed by atoms with E-state index in [2.05, 4.69) is 5.32 Å². The van der Waals surface area contributed by atoms with Crippen molar-refractivity contribution in [3.8, 4) is 23.3 Å². The highest BCUT2D eigenvalue weighted by molar-refractivity contribution is 6.32. The van der Waals surface area contributed by atoms with E-state index in [0.717, 1.165) is 6.42 Å². The molecule has 29 heavy (non-hydrogen) atoms. The second-order valence-electron chi connectivity index (χ2n) is 5.96. The lowest BCUT2D eigenvalue weighted by atomic mass is 10.1. The lowest BCUT2D eigenvalue weighted by molar-refractivity contribution is -0.112. The third kappa shape index (κ3) is 6.16. The van der Waals surface area contributed by atoms with E-state index in [1.165, 1.54) is 13.2 Å².